The van der Waals surface area contributed by atoms with E-state index in [1.807, 2.05) is 41.9 Å². The lowest BCUT2D eigenvalue weighted by molar-refractivity contribution is 0.0959. The SMILES string of the molecule is O=C(N/N=C/c1c[nH]c2ccccc12)c1cccs1. The Morgan fingerprint density at radius 3 is 3.00 bits per heavy atom. The molecule has 0 saturated heterocycles. The number of hydrazone groups is 1. The van der Waals surface area contributed by atoms with Crippen molar-refractivity contribution in [3.8, 4) is 0 Å². The molecule has 2 N–H and O–H groups in total. The van der Waals surface area contributed by atoms with Crippen LogP contribution in [0.25, 0.3) is 10.9 Å². The van der Waals surface area contributed by atoms with Crippen molar-refractivity contribution in [3.05, 3.63) is 58.4 Å². The van der Waals surface area contributed by atoms with Crippen LogP contribution in [0.1, 0.15) is 15.2 Å². The summed E-state index contributed by atoms with van der Waals surface area (Å²) in [6, 6.07) is 11.5. The third-order valence-electron chi connectivity index (χ3n) is 2.74. The van der Waals surface area contributed by atoms with Gasteiger partial charge in [-0.1, -0.05) is 24.3 Å². The van der Waals surface area contributed by atoms with Crippen LogP contribution in [-0.4, -0.2) is 17.1 Å². The van der Waals surface area contributed by atoms with Crippen LogP contribution in [0.3, 0.4) is 0 Å². The molecule has 0 saturated carbocycles. The molecule has 0 fully saturated rings. The third-order valence-corrected chi connectivity index (χ3v) is 3.60. The minimum Gasteiger partial charge on any atom is -0.361 e. The van der Waals surface area contributed by atoms with Crippen molar-refractivity contribution in [3.63, 3.8) is 0 Å². The van der Waals surface area contributed by atoms with Gasteiger partial charge in [0.25, 0.3) is 5.91 Å². The van der Waals surface area contributed by atoms with Crippen LogP contribution in [0.2, 0.25) is 0 Å². The maximum Gasteiger partial charge on any atom is 0.281 e. The molecule has 1 amide bonds. The highest BCUT2D eigenvalue weighted by Crippen LogP contribution is 2.15. The zero-order valence-corrected chi connectivity index (χ0v) is 10.8. The molecule has 0 bridgehead atoms. The van der Waals surface area contributed by atoms with Crippen LogP contribution in [0.5, 0.6) is 0 Å². The van der Waals surface area contributed by atoms with Crippen molar-refractivity contribution >= 4 is 34.4 Å². The number of thiophene rings is 1. The topological polar surface area (TPSA) is 57.2 Å². The van der Waals surface area contributed by atoms with Crippen molar-refractivity contribution in [1.29, 1.82) is 0 Å². The van der Waals surface area contributed by atoms with Gasteiger partial charge in [-0.2, -0.15) is 5.10 Å². The molecule has 2 aromatic heterocycles. The number of fused-ring (bicyclic) bond motifs is 1. The second kappa shape index (κ2) is 5.07. The molecule has 3 rings (SSSR count). The molecular formula is C14H11N3OS. The summed E-state index contributed by atoms with van der Waals surface area (Å²) >= 11 is 1.39. The van der Waals surface area contributed by atoms with Crippen molar-refractivity contribution in [2.45, 2.75) is 0 Å². The maximum absolute atomic E-state index is 11.7. The number of H-pyrrole nitrogens is 1. The normalized spacial score (nSPS) is 11.2. The highest BCUT2D eigenvalue weighted by atomic mass is 32.1. The molecule has 19 heavy (non-hydrogen) atoms. The van der Waals surface area contributed by atoms with E-state index in [1.54, 1.807) is 12.3 Å². The fourth-order valence-electron chi connectivity index (χ4n) is 1.82. The molecule has 0 unspecified atom stereocenters. The summed E-state index contributed by atoms with van der Waals surface area (Å²) in [5.41, 5.74) is 4.51. The number of para-hydroxylation sites is 1. The summed E-state index contributed by atoms with van der Waals surface area (Å²) in [4.78, 5) is 15.5. The molecule has 4 nitrogen and oxygen atoms in total. The fraction of sp³-hybridized carbons (Fsp3) is 0. The number of hydrogen-bond donors (Lipinski definition) is 2. The second-order valence-corrected chi connectivity index (χ2v) is 4.91. The Morgan fingerprint density at radius 2 is 2.16 bits per heavy atom. The second-order valence-electron chi connectivity index (χ2n) is 3.97. The molecule has 0 aliphatic heterocycles. The molecule has 0 atom stereocenters. The van der Waals surface area contributed by atoms with E-state index in [4.69, 9.17) is 0 Å². The first-order valence-electron chi connectivity index (χ1n) is 5.77. The number of nitrogens with one attached hydrogen (secondary N) is 2. The summed E-state index contributed by atoms with van der Waals surface area (Å²) in [7, 11) is 0. The van der Waals surface area contributed by atoms with Gasteiger partial charge in [-0.15, -0.1) is 11.3 Å². The molecule has 3 aromatic rings. The molecule has 0 aliphatic carbocycles. The summed E-state index contributed by atoms with van der Waals surface area (Å²) < 4.78 is 0. The van der Waals surface area contributed by atoms with Crippen LogP contribution in [0.4, 0.5) is 0 Å². The number of nitrogens with zero attached hydrogens (tertiary/aromatic N) is 1. The number of aromatic amines is 1. The Balaban J connectivity index is 1.75. The van der Waals surface area contributed by atoms with E-state index in [0.29, 0.717) is 4.88 Å². The Bertz CT molecular complexity index is 728. The highest BCUT2D eigenvalue weighted by Gasteiger charge is 2.04. The van der Waals surface area contributed by atoms with E-state index >= 15 is 0 Å². The van der Waals surface area contributed by atoms with Crippen molar-refractivity contribution in [1.82, 2.24) is 10.4 Å². The van der Waals surface area contributed by atoms with Gasteiger partial charge in [-0.25, -0.2) is 5.43 Å². The average Bonchev–Trinajstić information content (AvgIpc) is 3.08. The first-order valence-corrected chi connectivity index (χ1v) is 6.65. The van der Waals surface area contributed by atoms with Gasteiger partial charge in [0.1, 0.15) is 0 Å². The van der Waals surface area contributed by atoms with Gasteiger partial charge < -0.3 is 4.98 Å². The van der Waals surface area contributed by atoms with E-state index in [-0.39, 0.29) is 5.91 Å². The van der Waals surface area contributed by atoms with Gasteiger partial charge in [0.2, 0.25) is 0 Å². The molecule has 0 radical (unpaired) electrons. The number of hydrogen-bond acceptors (Lipinski definition) is 3. The van der Waals surface area contributed by atoms with E-state index in [1.165, 1.54) is 11.3 Å². The lowest BCUT2D eigenvalue weighted by Crippen LogP contribution is -2.15. The predicted octanol–water partition coefficient (Wildman–Crippen LogP) is 2.99. The Hall–Kier alpha value is -2.40. The van der Waals surface area contributed by atoms with E-state index < -0.39 is 0 Å². The number of benzene rings is 1. The summed E-state index contributed by atoms with van der Waals surface area (Å²) in [5.74, 6) is -0.189. The maximum atomic E-state index is 11.7. The Morgan fingerprint density at radius 1 is 1.26 bits per heavy atom. The largest absolute Gasteiger partial charge is 0.361 e. The van der Waals surface area contributed by atoms with E-state index in [0.717, 1.165) is 16.5 Å². The van der Waals surface area contributed by atoms with Gasteiger partial charge in [0, 0.05) is 22.7 Å². The van der Waals surface area contributed by atoms with Crippen LogP contribution in [-0.2, 0) is 0 Å². The van der Waals surface area contributed by atoms with Gasteiger partial charge in [-0.05, 0) is 17.5 Å². The van der Waals surface area contributed by atoms with Crippen LogP contribution in [0.15, 0.2) is 53.1 Å². The zero-order valence-electron chi connectivity index (χ0n) is 9.96. The van der Waals surface area contributed by atoms with Crippen molar-refractivity contribution in [2.24, 2.45) is 5.10 Å². The number of carbonyl (C=O) groups is 1. The summed E-state index contributed by atoms with van der Waals surface area (Å²) in [6.07, 6.45) is 3.51. The smallest absolute Gasteiger partial charge is 0.281 e. The van der Waals surface area contributed by atoms with Gasteiger partial charge in [-0.3, -0.25) is 4.79 Å². The first kappa shape index (κ1) is 11.7. The fourth-order valence-corrected chi connectivity index (χ4v) is 2.44. The lowest BCUT2D eigenvalue weighted by Gasteiger charge is -1.95. The molecule has 94 valence electrons. The molecule has 2 heterocycles. The number of aromatic nitrogens is 1. The van der Waals surface area contributed by atoms with Gasteiger partial charge >= 0.3 is 0 Å². The Kier molecular flexibility index (Phi) is 3.12. The molecule has 5 heteroatoms. The first-order chi connectivity index (χ1) is 9.34. The van der Waals surface area contributed by atoms with E-state index in [2.05, 4.69) is 15.5 Å². The van der Waals surface area contributed by atoms with Gasteiger partial charge in [0.05, 0.1) is 11.1 Å². The summed E-state index contributed by atoms with van der Waals surface area (Å²) in [5, 5.41) is 6.92. The molecule has 1 aromatic carbocycles. The number of rotatable bonds is 3. The minimum atomic E-state index is -0.189. The van der Waals surface area contributed by atoms with Crippen molar-refractivity contribution < 1.29 is 4.79 Å². The van der Waals surface area contributed by atoms with Crippen molar-refractivity contribution in [2.75, 3.05) is 0 Å². The third kappa shape index (κ3) is 2.41. The monoisotopic (exact) mass is 269 g/mol. The number of amides is 1. The Labute approximate surface area is 113 Å². The quantitative estimate of drug-likeness (QED) is 0.557. The lowest BCUT2D eigenvalue weighted by atomic mass is 10.2. The number of carbonyl (C=O) groups excluding carboxylic acids is 1. The zero-order chi connectivity index (χ0) is 13.1. The van der Waals surface area contributed by atoms with E-state index in [9.17, 15) is 4.79 Å². The summed E-state index contributed by atoms with van der Waals surface area (Å²) in [6.45, 7) is 0. The van der Waals surface area contributed by atoms with Crippen LogP contribution in [0, 0.1) is 0 Å². The van der Waals surface area contributed by atoms with Gasteiger partial charge in [0.15, 0.2) is 0 Å². The highest BCUT2D eigenvalue weighted by molar-refractivity contribution is 7.12. The van der Waals surface area contributed by atoms with Crippen LogP contribution < -0.4 is 5.43 Å². The standard InChI is InChI=1S/C14H11N3OS/c18-14(13-6-3-7-19-13)17-16-9-10-8-15-12-5-2-1-4-11(10)12/h1-9,15H,(H,17,18)/b16-9+. The molecular weight excluding hydrogens is 258 g/mol. The average molecular weight is 269 g/mol. The van der Waals surface area contributed by atoms with Crippen LogP contribution >= 0.6 is 11.3 Å². The molecule has 0 spiro atoms. The predicted molar refractivity (Wildman–Crippen MR) is 77.7 cm³/mol. The minimum absolute atomic E-state index is 0.189. The molecule has 0 aliphatic rings.